The molecule has 0 aromatic rings. The zero-order valence-corrected chi connectivity index (χ0v) is 11.8. The van der Waals surface area contributed by atoms with Gasteiger partial charge in [0.1, 0.15) is 0 Å². The average Bonchev–Trinajstić information content (AvgIpc) is 2.29. The maximum Gasteiger partial charge on any atom is 0.0278 e. The van der Waals surface area contributed by atoms with Crippen molar-refractivity contribution in [3.05, 3.63) is 0 Å². The third-order valence-corrected chi connectivity index (χ3v) is 4.35. The molecule has 1 aliphatic heterocycles. The van der Waals surface area contributed by atoms with Crippen LogP contribution < -0.4 is 5.32 Å². The molecule has 2 heteroatoms. The van der Waals surface area contributed by atoms with Crippen molar-refractivity contribution in [2.75, 3.05) is 19.6 Å². The van der Waals surface area contributed by atoms with Gasteiger partial charge < -0.3 is 5.32 Å². The van der Waals surface area contributed by atoms with Gasteiger partial charge in [0.05, 0.1) is 0 Å². The van der Waals surface area contributed by atoms with Crippen molar-refractivity contribution in [1.29, 1.82) is 0 Å². The molecule has 0 aromatic heterocycles. The van der Waals surface area contributed by atoms with E-state index in [0.29, 0.717) is 5.54 Å². The number of piperazine rings is 1. The molecule has 0 aromatic carbocycles. The van der Waals surface area contributed by atoms with Crippen LogP contribution in [0.3, 0.4) is 0 Å². The molecule has 1 saturated heterocycles. The second kappa shape index (κ2) is 6.02. The van der Waals surface area contributed by atoms with Crippen molar-refractivity contribution >= 4 is 0 Å². The minimum Gasteiger partial charge on any atom is -0.309 e. The van der Waals surface area contributed by atoms with Crippen LogP contribution in [0.25, 0.3) is 0 Å². The van der Waals surface area contributed by atoms with Crippen LogP contribution in [0.15, 0.2) is 0 Å². The van der Waals surface area contributed by atoms with Gasteiger partial charge >= 0.3 is 0 Å². The van der Waals surface area contributed by atoms with Gasteiger partial charge in [0, 0.05) is 24.7 Å². The van der Waals surface area contributed by atoms with Crippen molar-refractivity contribution in [3.63, 3.8) is 0 Å². The lowest BCUT2D eigenvalue weighted by Crippen LogP contribution is -2.64. The van der Waals surface area contributed by atoms with Crippen LogP contribution in [0.2, 0.25) is 0 Å². The summed E-state index contributed by atoms with van der Waals surface area (Å²) in [5.41, 5.74) is 0.332. The Morgan fingerprint density at radius 2 is 2.06 bits per heavy atom. The Bertz CT molecular complexity index is 205. The maximum absolute atomic E-state index is 3.76. The fraction of sp³-hybridized carbons (Fsp3) is 1.00. The normalized spacial score (nSPS) is 33.9. The third-order valence-electron chi connectivity index (χ3n) is 4.35. The quantitative estimate of drug-likeness (QED) is 0.775. The number of nitrogens with zero attached hydrogens (tertiary/aromatic N) is 1. The molecule has 0 spiro atoms. The van der Waals surface area contributed by atoms with Crippen LogP contribution in [-0.2, 0) is 0 Å². The molecule has 2 nitrogen and oxygen atoms in total. The van der Waals surface area contributed by atoms with Crippen LogP contribution in [0.4, 0.5) is 0 Å². The zero-order valence-electron chi connectivity index (χ0n) is 11.8. The Morgan fingerprint density at radius 1 is 1.38 bits per heavy atom. The summed E-state index contributed by atoms with van der Waals surface area (Å²) in [6.07, 6.45) is 3.78. The SMILES string of the molecule is CCCN1CC(C)(CC)NCC1C(C)CC. The van der Waals surface area contributed by atoms with Gasteiger partial charge in [0.2, 0.25) is 0 Å². The Kier molecular flexibility index (Phi) is 5.26. The van der Waals surface area contributed by atoms with Gasteiger partial charge in [-0.2, -0.15) is 0 Å². The highest BCUT2D eigenvalue weighted by atomic mass is 15.3. The van der Waals surface area contributed by atoms with E-state index < -0.39 is 0 Å². The molecule has 3 atom stereocenters. The molecule has 0 amide bonds. The minimum atomic E-state index is 0.332. The van der Waals surface area contributed by atoms with E-state index in [1.165, 1.54) is 38.9 Å². The molecule has 16 heavy (non-hydrogen) atoms. The number of nitrogens with one attached hydrogen (secondary N) is 1. The van der Waals surface area contributed by atoms with Crippen molar-refractivity contribution in [1.82, 2.24) is 10.2 Å². The highest BCUT2D eigenvalue weighted by molar-refractivity contribution is 4.95. The molecule has 1 fully saturated rings. The minimum absolute atomic E-state index is 0.332. The molecular formula is C14H30N2. The molecule has 1 rings (SSSR count). The first-order valence-electron chi connectivity index (χ1n) is 7.05. The fourth-order valence-corrected chi connectivity index (χ4v) is 2.70. The summed E-state index contributed by atoms with van der Waals surface area (Å²) in [6.45, 7) is 15.3. The Balaban J connectivity index is 2.66. The first-order chi connectivity index (χ1) is 7.56. The van der Waals surface area contributed by atoms with Crippen LogP contribution >= 0.6 is 0 Å². The van der Waals surface area contributed by atoms with Crippen LogP contribution in [-0.4, -0.2) is 36.1 Å². The first kappa shape index (κ1) is 14.0. The van der Waals surface area contributed by atoms with Gasteiger partial charge in [-0.15, -0.1) is 0 Å². The molecule has 0 saturated carbocycles. The largest absolute Gasteiger partial charge is 0.309 e. The van der Waals surface area contributed by atoms with Gasteiger partial charge in [-0.25, -0.2) is 0 Å². The van der Waals surface area contributed by atoms with Crippen molar-refractivity contribution < 1.29 is 0 Å². The van der Waals surface area contributed by atoms with E-state index in [2.05, 4.69) is 44.8 Å². The second-order valence-corrected chi connectivity index (χ2v) is 5.72. The number of rotatable bonds is 5. The van der Waals surface area contributed by atoms with E-state index in [-0.39, 0.29) is 0 Å². The van der Waals surface area contributed by atoms with E-state index in [9.17, 15) is 0 Å². The average molecular weight is 226 g/mol. The van der Waals surface area contributed by atoms with E-state index in [0.717, 1.165) is 12.0 Å². The van der Waals surface area contributed by atoms with Crippen LogP contribution in [0.1, 0.15) is 53.9 Å². The fourth-order valence-electron chi connectivity index (χ4n) is 2.70. The van der Waals surface area contributed by atoms with Crippen molar-refractivity contribution in [2.24, 2.45) is 5.92 Å². The van der Waals surface area contributed by atoms with Gasteiger partial charge in [0.25, 0.3) is 0 Å². The summed E-state index contributed by atoms with van der Waals surface area (Å²) in [5, 5.41) is 3.76. The number of hydrogen-bond donors (Lipinski definition) is 1. The van der Waals surface area contributed by atoms with Gasteiger partial charge in [-0.05, 0) is 32.2 Å². The lowest BCUT2D eigenvalue weighted by atomic mass is 9.88. The van der Waals surface area contributed by atoms with Gasteiger partial charge in [0.15, 0.2) is 0 Å². The van der Waals surface area contributed by atoms with Gasteiger partial charge in [-0.3, -0.25) is 4.90 Å². The summed E-state index contributed by atoms with van der Waals surface area (Å²) in [4.78, 5) is 2.72. The predicted octanol–water partition coefficient (Wildman–Crippen LogP) is 2.89. The molecule has 0 aliphatic carbocycles. The molecule has 0 bridgehead atoms. The monoisotopic (exact) mass is 226 g/mol. The molecule has 96 valence electrons. The predicted molar refractivity (Wildman–Crippen MR) is 71.8 cm³/mol. The molecule has 1 heterocycles. The van der Waals surface area contributed by atoms with Crippen molar-refractivity contribution in [3.8, 4) is 0 Å². The second-order valence-electron chi connectivity index (χ2n) is 5.72. The smallest absolute Gasteiger partial charge is 0.0278 e. The zero-order chi connectivity index (χ0) is 12.2. The standard InChI is InChI=1S/C14H30N2/c1-6-9-16-11-14(5,8-3)15-10-13(16)12(4)7-2/h12-13,15H,6-11H2,1-5H3. The Labute approximate surface area is 102 Å². The highest BCUT2D eigenvalue weighted by Crippen LogP contribution is 2.24. The third kappa shape index (κ3) is 3.21. The number of hydrogen-bond acceptors (Lipinski definition) is 2. The molecule has 1 aliphatic rings. The Hall–Kier alpha value is -0.0800. The topological polar surface area (TPSA) is 15.3 Å². The van der Waals surface area contributed by atoms with E-state index in [4.69, 9.17) is 0 Å². The van der Waals surface area contributed by atoms with Crippen LogP contribution in [0, 0.1) is 5.92 Å². The lowest BCUT2D eigenvalue weighted by molar-refractivity contribution is 0.0552. The maximum atomic E-state index is 3.76. The summed E-state index contributed by atoms with van der Waals surface area (Å²) < 4.78 is 0. The van der Waals surface area contributed by atoms with E-state index in [1.54, 1.807) is 0 Å². The summed E-state index contributed by atoms with van der Waals surface area (Å²) in [5.74, 6) is 0.806. The Morgan fingerprint density at radius 3 is 2.56 bits per heavy atom. The molecule has 1 N–H and O–H groups in total. The molecular weight excluding hydrogens is 196 g/mol. The van der Waals surface area contributed by atoms with Gasteiger partial charge in [-0.1, -0.05) is 34.1 Å². The van der Waals surface area contributed by atoms with Crippen LogP contribution in [0.5, 0.6) is 0 Å². The molecule has 0 radical (unpaired) electrons. The first-order valence-corrected chi connectivity index (χ1v) is 7.05. The van der Waals surface area contributed by atoms with E-state index in [1.807, 2.05) is 0 Å². The summed E-state index contributed by atoms with van der Waals surface area (Å²) in [6, 6.07) is 0.740. The summed E-state index contributed by atoms with van der Waals surface area (Å²) in [7, 11) is 0. The highest BCUT2D eigenvalue weighted by Gasteiger charge is 2.35. The van der Waals surface area contributed by atoms with E-state index >= 15 is 0 Å². The summed E-state index contributed by atoms with van der Waals surface area (Å²) >= 11 is 0. The molecule has 3 unspecified atom stereocenters. The van der Waals surface area contributed by atoms with Crippen molar-refractivity contribution in [2.45, 2.75) is 65.5 Å². The lowest BCUT2D eigenvalue weighted by Gasteiger charge is -2.48.